The second-order valence-corrected chi connectivity index (χ2v) is 8.06. The number of aromatic nitrogens is 1. The average Bonchev–Trinajstić information content (AvgIpc) is 2.96. The van der Waals surface area contributed by atoms with Crippen LogP contribution < -0.4 is 9.62 Å². The highest BCUT2D eigenvalue weighted by Crippen LogP contribution is 2.29. The molecule has 2 fully saturated rings. The summed E-state index contributed by atoms with van der Waals surface area (Å²) < 4.78 is 26.3. The Morgan fingerprint density at radius 2 is 2.15 bits per heavy atom. The predicted molar refractivity (Wildman–Crippen MR) is 77.2 cm³/mol. The van der Waals surface area contributed by atoms with Crippen molar-refractivity contribution in [1.29, 1.82) is 0 Å². The molecule has 1 aromatic heterocycles. The Morgan fingerprint density at radius 1 is 1.35 bits per heavy atom. The summed E-state index contributed by atoms with van der Waals surface area (Å²) in [6.45, 7) is 0.745. The highest BCUT2D eigenvalue weighted by atomic mass is 32.2. The first-order valence-corrected chi connectivity index (χ1v) is 9.22. The van der Waals surface area contributed by atoms with Crippen LogP contribution in [0, 0.1) is 0 Å². The molecule has 0 aromatic carbocycles. The number of nitrogens with zero attached hydrogens (tertiary/aromatic N) is 2. The topological polar surface area (TPSA) is 79.4 Å². The molecule has 6 nitrogen and oxygen atoms in total. The van der Waals surface area contributed by atoms with Gasteiger partial charge in [-0.05, 0) is 25.7 Å². The van der Waals surface area contributed by atoms with E-state index in [1.165, 1.54) is 11.3 Å². The Morgan fingerprint density at radius 3 is 2.75 bits per heavy atom. The highest BCUT2D eigenvalue weighted by Gasteiger charge is 2.37. The van der Waals surface area contributed by atoms with Gasteiger partial charge in [-0.3, -0.25) is 9.52 Å². The maximum Gasteiger partial charge on any atom is 0.256 e. The van der Waals surface area contributed by atoms with E-state index >= 15 is 0 Å². The minimum absolute atomic E-state index is 0.388. The summed E-state index contributed by atoms with van der Waals surface area (Å²) in [6, 6.07) is -0.420. The third kappa shape index (κ3) is 2.54. The van der Waals surface area contributed by atoms with Crippen molar-refractivity contribution in [1.82, 2.24) is 9.71 Å². The standard InChI is InChI=1S/C12H17N3O3S2/c16-11(14-20(17,18)9-3-1-4-9)10-5-2-7-15(10)12-13-6-8-19-12/h6,8-10H,1-5,7H2,(H,14,16)/t10-/m0/s1. The lowest BCUT2D eigenvalue weighted by atomic mass is 10.0. The van der Waals surface area contributed by atoms with E-state index in [1.54, 1.807) is 6.20 Å². The minimum atomic E-state index is -3.50. The van der Waals surface area contributed by atoms with Gasteiger partial charge in [-0.25, -0.2) is 13.4 Å². The zero-order valence-electron chi connectivity index (χ0n) is 11.0. The molecule has 2 heterocycles. The van der Waals surface area contributed by atoms with E-state index in [0.29, 0.717) is 19.3 Å². The van der Waals surface area contributed by atoms with Gasteiger partial charge in [0.25, 0.3) is 5.91 Å². The molecule has 1 aliphatic carbocycles. The molecule has 2 aliphatic rings. The number of sulfonamides is 1. The quantitative estimate of drug-likeness (QED) is 0.900. The van der Waals surface area contributed by atoms with Gasteiger partial charge in [-0.1, -0.05) is 6.42 Å². The van der Waals surface area contributed by atoms with Crippen molar-refractivity contribution < 1.29 is 13.2 Å². The van der Waals surface area contributed by atoms with E-state index in [0.717, 1.165) is 24.5 Å². The van der Waals surface area contributed by atoms with Crippen LogP contribution in [0.3, 0.4) is 0 Å². The summed E-state index contributed by atoms with van der Waals surface area (Å²) >= 11 is 1.47. The normalized spacial score (nSPS) is 23.6. The fourth-order valence-electron chi connectivity index (χ4n) is 2.60. The second kappa shape index (κ2) is 5.33. The molecule has 0 spiro atoms. The van der Waals surface area contributed by atoms with Crippen LogP contribution in [0.2, 0.25) is 0 Å². The van der Waals surface area contributed by atoms with Gasteiger partial charge < -0.3 is 4.90 Å². The van der Waals surface area contributed by atoms with Gasteiger partial charge in [0.2, 0.25) is 10.0 Å². The monoisotopic (exact) mass is 315 g/mol. The Kier molecular flexibility index (Phi) is 3.68. The highest BCUT2D eigenvalue weighted by molar-refractivity contribution is 7.90. The maximum absolute atomic E-state index is 12.3. The van der Waals surface area contributed by atoms with Crippen molar-refractivity contribution in [2.24, 2.45) is 0 Å². The first kappa shape index (κ1) is 13.8. The number of nitrogens with one attached hydrogen (secondary N) is 1. The number of hydrogen-bond donors (Lipinski definition) is 1. The number of amides is 1. The van der Waals surface area contributed by atoms with Gasteiger partial charge in [0.15, 0.2) is 5.13 Å². The van der Waals surface area contributed by atoms with Crippen LogP contribution in [0.25, 0.3) is 0 Å². The van der Waals surface area contributed by atoms with Gasteiger partial charge >= 0.3 is 0 Å². The minimum Gasteiger partial charge on any atom is -0.336 e. The lowest BCUT2D eigenvalue weighted by Gasteiger charge is -2.27. The van der Waals surface area contributed by atoms with Crippen LogP contribution in [-0.4, -0.2) is 37.1 Å². The van der Waals surface area contributed by atoms with E-state index in [9.17, 15) is 13.2 Å². The number of carbonyl (C=O) groups excluding carboxylic acids is 1. The van der Waals surface area contributed by atoms with Crippen LogP contribution in [0.1, 0.15) is 32.1 Å². The van der Waals surface area contributed by atoms with Crippen molar-refractivity contribution in [2.45, 2.75) is 43.4 Å². The van der Waals surface area contributed by atoms with Gasteiger partial charge in [0, 0.05) is 18.1 Å². The van der Waals surface area contributed by atoms with Crippen molar-refractivity contribution >= 4 is 32.4 Å². The predicted octanol–water partition coefficient (Wildman–Crippen LogP) is 1.11. The van der Waals surface area contributed by atoms with Crippen LogP contribution in [0.5, 0.6) is 0 Å². The first-order valence-electron chi connectivity index (χ1n) is 6.79. The molecule has 1 saturated heterocycles. The molecule has 0 radical (unpaired) electrons. The number of hydrogen-bond acceptors (Lipinski definition) is 6. The van der Waals surface area contributed by atoms with Crippen LogP contribution in [-0.2, 0) is 14.8 Å². The Hall–Kier alpha value is -1.15. The zero-order chi connectivity index (χ0) is 14.2. The lowest BCUT2D eigenvalue weighted by molar-refractivity contribution is -0.120. The van der Waals surface area contributed by atoms with Gasteiger partial charge in [0.05, 0.1) is 5.25 Å². The molecule has 1 atom stereocenters. The van der Waals surface area contributed by atoms with E-state index in [2.05, 4.69) is 9.71 Å². The molecule has 20 heavy (non-hydrogen) atoms. The van der Waals surface area contributed by atoms with Crippen molar-refractivity contribution in [2.75, 3.05) is 11.4 Å². The summed E-state index contributed by atoms with van der Waals surface area (Å²) in [6.07, 6.45) is 5.48. The fourth-order valence-corrected chi connectivity index (χ4v) is 4.85. The molecular weight excluding hydrogens is 298 g/mol. The van der Waals surface area contributed by atoms with Crippen LogP contribution >= 0.6 is 11.3 Å². The summed E-state index contributed by atoms with van der Waals surface area (Å²) in [7, 11) is -3.50. The summed E-state index contributed by atoms with van der Waals surface area (Å²) in [4.78, 5) is 18.4. The Bertz CT molecular complexity index is 581. The SMILES string of the molecule is O=C(NS(=O)(=O)C1CCC1)[C@@H]1CCCN1c1nccs1. The Balaban J connectivity index is 1.70. The lowest BCUT2D eigenvalue weighted by Crippen LogP contribution is -2.49. The molecule has 110 valence electrons. The smallest absolute Gasteiger partial charge is 0.256 e. The summed E-state index contributed by atoms with van der Waals surface area (Å²) in [5, 5.41) is 2.25. The molecule has 3 rings (SSSR count). The van der Waals surface area contributed by atoms with Gasteiger partial charge in [0.1, 0.15) is 6.04 Å². The largest absolute Gasteiger partial charge is 0.336 e. The average molecular weight is 315 g/mol. The van der Waals surface area contributed by atoms with E-state index in [-0.39, 0.29) is 5.25 Å². The maximum atomic E-state index is 12.3. The molecule has 1 saturated carbocycles. The third-order valence-corrected chi connectivity index (χ3v) is 6.60. The first-order chi connectivity index (χ1) is 9.58. The molecule has 1 aliphatic heterocycles. The fraction of sp³-hybridized carbons (Fsp3) is 0.667. The van der Waals surface area contributed by atoms with E-state index < -0.39 is 22.0 Å². The molecule has 1 amide bonds. The van der Waals surface area contributed by atoms with Gasteiger partial charge in [-0.2, -0.15) is 0 Å². The third-order valence-electron chi connectivity index (χ3n) is 3.95. The number of rotatable bonds is 4. The molecule has 1 N–H and O–H groups in total. The molecule has 1 aromatic rings. The van der Waals surface area contributed by atoms with E-state index in [1.807, 2.05) is 10.3 Å². The van der Waals surface area contributed by atoms with Crippen molar-refractivity contribution in [3.05, 3.63) is 11.6 Å². The van der Waals surface area contributed by atoms with Gasteiger partial charge in [-0.15, -0.1) is 11.3 Å². The number of anilines is 1. The summed E-state index contributed by atoms with van der Waals surface area (Å²) in [5.41, 5.74) is 0. The molecule has 0 bridgehead atoms. The number of thiazole rings is 1. The number of carbonyl (C=O) groups is 1. The van der Waals surface area contributed by atoms with Crippen molar-refractivity contribution in [3.8, 4) is 0 Å². The van der Waals surface area contributed by atoms with Crippen molar-refractivity contribution in [3.63, 3.8) is 0 Å². The van der Waals surface area contributed by atoms with Crippen LogP contribution in [0.4, 0.5) is 5.13 Å². The molecular formula is C12H17N3O3S2. The Labute approximate surface area is 122 Å². The second-order valence-electron chi connectivity index (χ2n) is 5.23. The molecule has 8 heteroatoms. The zero-order valence-corrected chi connectivity index (χ0v) is 12.6. The van der Waals surface area contributed by atoms with Crippen LogP contribution in [0.15, 0.2) is 11.6 Å². The molecule has 0 unspecified atom stereocenters. The van der Waals surface area contributed by atoms with E-state index in [4.69, 9.17) is 0 Å². The summed E-state index contributed by atoms with van der Waals surface area (Å²) in [5.74, 6) is -0.412.